The minimum Gasteiger partial charge on any atom is -0.508 e. The highest BCUT2D eigenvalue weighted by atomic mass is 16.4. The van der Waals surface area contributed by atoms with Gasteiger partial charge in [-0.1, -0.05) is 44.9 Å². The second-order valence-corrected chi connectivity index (χ2v) is 7.06. The lowest BCUT2D eigenvalue weighted by molar-refractivity contribution is 0.0691. The zero-order valence-corrected chi connectivity index (χ0v) is 15.5. The molecule has 5 N–H and O–H groups in total. The van der Waals surface area contributed by atoms with Crippen molar-refractivity contribution in [3.05, 3.63) is 23.3 Å². The summed E-state index contributed by atoms with van der Waals surface area (Å²) in [7, 11) is 0. The second kappa shape index (κ2) is 11.8. The molecule has 0 aliphatic rings. The number of carbonyl (C=O) groups is 1. The van der Waals surface area contributed by atoms with Crippen LogP contribution in [-0.4, -0.2) is 43.7 Å². The van der Waals surface area contributed by atoms with Gasteiger partial charge in [-0.15, -0.1) is 0 Å². The molecule has 0 amide bonds. The normalized spacial score (nSPS) is 13.5. The van der Waals surface area contributed by atoms with E-state index in [0.29, 0.717) is 6.42 Å². The molecule has 0 aromatic heterocycles. The van der Waals surface area contributed by atoms with Gasteiger partial charge in [0.15, 0.2) is 0 Å². The van der Waals surface area contributed by atoms with Crippen LogP contribution < -0.4 is 0 Å². The highest BCUT2D eigenvalue weighted by molar-refractivity contribution is 5.92. The molecule has 0 heterocycles. The SMILES string of the molecule is CC(O)CCCCCCCCCC(O)Cc1cc(O)cc(O)c1C(=O)O. The summed E-state index contributed by atoms with van der Waals surface area (Å²) in [6.45, 7) is 1.81. The lowest BCUT2D eigenvalue weighted by atomic mass is 9.97. The van der Waals surface area contributed by atoms with Crippen LogP contribution in [0.1, 0.15) is 80.6 Å². The van der Waals surface area contributed by atoms with Gasteiger partial charge < -0.3 is 25.5 Å². The van der Waals surface area contributed by atoms with E-state index in [1.54, 1.807) is 0 Å². The van der Waals surface area contributed by atoms with Gasteiger partial charge in [0.2, 0.25) is 0 Å². The second-order valence-electron chi connectivity index (χ2n) is 7.06. The molecule has 0 saturated carbocycles. The number of aliphatic hydroxyl groups excluding tert-OH is 2. The van der Waals surface area contributed by atoms with Gasteiger partial charge in [0.05, 0.1) is 12.2 Å². The van der Waals surface area contributed by atoms with Crippen molar-refractivity contribution >= 4 is 5.97 Å². The number of benzene rings is 1. The monoisotopic (exact) mass is 368 g/mol. The largest absolute Gasteiger partial charge is 0.508 e. The summed E-state index contributed by atoms with van der Waals surface area (Å²) in [6.07, 6.45) is 7.99. The van der Waals surface area contributed by atoms with Crippen LogP contribution >= 0.6 is 0 Å². The van der Waals surface area contributed by atoms with Crippen molar-refractivity contribution in [2.75, 3.05) is 0 Å². The smallest absolute Gasteiger partial charge is 0.339 e. The number of unbranched alkanes of at least 4 members (excludes halogenated alkanes) is 6. The van der Waals surface area contributed by atoms with Gasteiger partial charge in [0.25, 0.3) is 0 Å². The zero-order chi connectivity index (χ0) is 19.5. The molecule has 1 aromatic carbocycles. The van der Waals surface area contributed by atoms with Crippen molar-refractivity contribution in [1.29, 1.82) is 0 Å². The van der Waals surface area contributed by atoms with Crippen molar-refractivity contribution < 1.29 is 30.3 Å². The van der Waals surface area contributed by atoms with Crippen LogP contribution in [0.5, 0.6) is 11.5 Å². The molecule has 1 aromatic rings. The Morgan fingerprint density at radius 1 is 0.923 bits per heavy atom. The Balaban J connectivity index is 2.27. The predicted octanol–water partition coefficient (Wildman–Crippen LogP) is 3.59. The number of rotatable bonds is 13. The average molecular weight is 368 g/mol. The summed E-state index contributed by atoms with van der Waals surface area (Å²) in [5.41, 5.74) is -0.0281. The number of aromatic hydroxyl groups is 2. The van der Waals surface area contributed by atoms with Gasteiger partial charge in [-0.3, -0.25) is 0 Å². The van der Waals surface area contributed by atoms with Gasteiger partial charge >= 0.3 is 5.97 Å². The minimum atomic E-state index is -1.28. The van der Waals surface area contributed by atoms with Crippen LogP contribution in [0.15, 0.2) is 12.1 Å². The molecule has 0 fully saturated rings. The Kier molecular flexibility index (Phi) is 10.1. The molecule has 148 valence electrons. The van der Waals surface area contributed by atoms with Crippen molar-refractivity contribution in [2.45, 2.75) is 83.3 Å². The molecule has 0 radical (unpaired) electrons. The van der Waals surface area contributed by atoms with E-state index in [1.165, 1.54) is 6.07 Å². The summed E-state index contributed by atoms with van der Waals surface area (Å²) in [5.74, 6) is -1.99. The van der Waals surface area contributed by atoms with Crippen molar-refractivity contribution in [1.82, 2.24) is 0 Å². The fraction of sp³-hybridized carbons (Fsp3) is 0.650. The summed E-state index contributed by atoms with van der Waals surface area (Å²) >= 11 is 0. The summed E-state index contributed by atoms with van der Waals surface area (Å²) in [4.78, 5) is 11.2. The van der Waals surface area contributed by atoms with Crippen LogP contribution in [0, 0.1) is 0 Å². The third-order valence-electron chi connectivity index (χ3n) is 4.51. The molecule has 0 saturated heterocycles. The Labute approximate surface area is 155 Å². The quantitative estimate of drug-likeness (QED) is 0.340. The van der Waals surface area contributed by atoms with Crippen LogP contribution in [0.3, 0.4) is 0 Å². The highest BCUT2D eigenvalue weighted by Crippen LogP contribution is 2.28. The summed E-state index contributed by atoms with van der Waals surface area (Å²) in [5, 5.41) is 47.7. The van der Waals surface area contributed by atoms with Crippen LogP contribution in [0.4, 0.5) is 0 Å². The summed E-state index contributed by atoms with van der Waals surface area (Å²) < 4.78 is 0. The first-order valence-electron chi connectivity index (χ1n) is 9.45. The van der Waals surface area contributed by atoms with Gasteiger partial charge in [-0.05, 0) is 37.8 Å². The Morgan fingerprint density at radius 2 is 1.46 bits per heavy atom. The van der Waals surface area contributed by atoms with Gasteiger partial charge in [-0.25, -0.2) is 4.79 Å². The maximum Gasteiger partial charge on any atom is 0.339 e. The topological polar surface area (TPSA) is 118 Å². The Bertz CT molecular complexity index is 555. The van der Waals surface area contributed by atoms with E-state index in [2.05, 4.69) is 0 Å². The third-order valence-corrected chi connectivity index (χ3v) is 4.51. The Hall–Kier alpha value is -1.79. The van der Waals surface area contributed by atoms with Crippen LogP contribution in [-0.2, 0) is 6.42 Å². The number of hydrogen-bond acceptors (Lipinski definition) is 5. The fourth-order valence-corrected chi connectivity index (χ4v) is 3.14. The minimum absolute atomic E-state index is 0.0862. The molecule has 0 spiro atoms. The number of hydrogen-bond donors (Lipinski definition) is 5. The van der Waals surface area contributed by atoms with E-state index in [0.717, 1.165) is 57.4 Å². The van der Waals surface area contributed by atoms with E-state index in [-0.39, 0.29) is 29.4 Å². The average Bonchev–Trinajstić information content (AvgIpc) is 2.51. The van der Waals surface area contributed by atoms with E-state index < -0.39 is 17.8 Å². The molecule has 2 unspecified atom stereocenters. The Morgan fingerprint density at radius 3 is 2.00 bits per heavy atom. The van der Waals surface area contributed by atoms with Crippen molar-refractivity contribution in [3.63, 3.8) is 0 Å². The predicted molar refractivity (Wildman–Crippen MR) is 99.7 cm³/mol. The molecule has 6 nitrogen and oxygen atoms in total. The molecule has 0 bridgehead atoms. The third kappa shape index (κ3) is 8.54. The summed E-state index contributed by atoms with van der Waals surface area (Å²) in [6, 6.07) is 2.26. The molecule has 2 atom stereocenters. The number of carboxylic acids is 1. The number of carboxylic acid groups (broad SMARTS) is 1. The maximum atomic E-state index is 11.2. The van der Waals surface area contributed by atoms with E-state index in [1.807, 2.05) is 6.92 Å². The van der Waals surface area contributed by atoms with Gasteiger partial charge in [0.1, 0.15) is 17.1 Å². The van der Waals surface area contributed by atoms with Gasteiger partial charge in [-0.2, -0.15) is 0 Å². The van der Waals surface area contributed by atoms with Crippen molar-refractivity contribution in [2.24, 2.45) is 0 Å². The number of phenols is 2. The highest BCUT2D eigenvalue weighted by Gasteiger charge is 2.19. The lowest BCUT2D eigenvalue weighted by Gasteiger charge is -2.14. The molecular weight excluding hydrogens is 336 g/mol. The number of aliphatic hydroxyl groups is 2. The molecule has 26 heavy (non-hydrogen) atoms. The molecular formula is C20H32O6. The molecule has 0 aliphatic carbocycles. The first kappa shape index (κ1) is 22.3. The number of phenolic OH excluding ortho intramolecular Hbond substituents is 1. The van der Waals surface area contributed by atoms with Crippen molar-refractivity contribution in [3.8, 4) is 11.5 Å². The van der Waals surface area contributed by atoms with Crippen LogP contribution in [0.2, 0.25) is 0 Å². The molecule has 6 heteroatoms. The number of aromatic carboxylic acids is 1. The van der Waals surface area contributed by atoms with E-state index in [4.69, 9.17) is 0 Å². The zero-order valence-electron chi connectivity index (χ0n) is 15.5. The van der Waals surface area contributed by atoms with E-state index in [9.17, 15) is 30.3 Å². The molecule has 1 rings (SSSR count). The maximum absolute atomic E-state index is 11.2. The van der Waals surface area contributed by atoms with Gasteiger partial charge in [0, 0.05) is 6.07 Å². The fourth-order valence-electron chi connectivity index (χ4n) is 3.14. The van der Waals surface area contributed by atoms with E-state index >= 15 is 0 Å². The molecule has 0 aliphatic heterocycles. The van der Waals surface area contributed by atoms with Crippen LogP contribution in [0.25, 0.3) is 0 Å². The first-order chi connectivity index (χ1) is 12.3. The first-order valence-corrected chi connectivity index (χ1v) is 9.45. The lowest BCUT2D eigenvalue weighted by Crippen LogP contribution is -2.13. The standard InChI is InChI=1S/C20H32O6/c1-14(21)9-7-5-3-2-4-6-8-10-16(22)11-15-12-17(23)13-18(24)19(15)20(25)26/h12-14,16,21-24H,2-11H2,1H3,(H,25,26).